The van der Waals surface area contributed by atoms with E-state index < -0.39 is 0 Å². The fraction of sp³-hybridized carbons (Fsp3) is 0.333. The maximum atomic E-state index is 12.8. The highest BCUT2D eigenvalue weighted by Crippen LogP contribution is 2.38. The lowest BCUT2D eigenvalue weighted by atomic mass is 10.1. The second kappa shape index (κ2) is 5.84. The Morgan fingerprint density at radius 1 is 1.28 bits per heavy atom. The summed E-state index contributed by atoms with van der Waals surface area (Å²) in [6.45, 7) is 3.82. The van der Waals surface area contributed by atoms with E-state index >= 15 is 0 Å². The molecule has 2 aromatic heterocycles. The van der Waals surface area contributed by atoms with E-state index in [9.17, 15) is 9.59 Å². The number of nitrogens with zero attached hydrogens (tertiary/aromatic N) is 3. The van der Waals surface area contributed by atoms with Crippen molar-refractivity contribution in [3.63, 3.8) is 0 Å². The van der Waals surface area contributed by atoms with Gasteiger partial charge in [-0.15, -0.1) is 5.10 Å². The highest BCUT2D eigenvalue weighted by atomic mass is 16.2. The van der Waals surface area contributed by atoms with Crippen LogP contribution in [0.25, 0.3) is 10.8 Å². The van der Waals surface area contributed by atoms with Gasteiger partial charge >= 0.3 is 0 Å². The van der Waals surface area contributed by atoms with Crippen molar-refractivity contribution in [2.75, 3.05) is 5.32 Å². The van der Waals surface area contributed by atoms with Gasteiger partial charge in [-0.05, 0) is 32.8 Å². The third-order valence-electron chi connectivity index (χ3n) is 4.44. The van der Waals surface area contributed by atoms with Crippen LogP contribution in [0.2, 0.25) is 0 Å². The molecule has 0 bridgehead atoms. The molecule has 0 saturated heterocycles. The molecule has 4 rings (SSSR count). The van der Waals surface area contributed by atoms with Gasteiger partial charge in [0.05, 0.1) is 5.56 Å². The topological polar surface area (TPSA) is 92.7 Å². The van der Waals surface area contributed by atoms with Crippen LogP contribution in [-0.2, 0) is 0 Å². The average Bonchev–Trinajstić information content (AvgIpc) is 3.35. The zero-order valence-electron chi connectivity index (χ0n) is 14.1. The number of benzene rings is 1. The van der Waals surface area contributed by atoms with E-state index in [0.29, 0.717) is 22.3 Å². The minimum atomic E-state index is -0.327. The van der Waals surface area contributed by atoms with Crippen LogP contribution in [0.1, 0.15) is 54.8 Å². The van der Waals surface area contributed by atoms with Crippen LogP contribution >= 0.6 is 0 Å². The van der Waals surface area contributed by atoms with Gasteiger partial charge in [0, 0.05) is 28.9 Å². The van der Waals surface area contributed by atoms with Gasteiger partial charge < -0.3 is 4.57 Å². The summed E-state index contributed by atoms with van der Waals surface area (Å²) in [7, 11) is 0. The molecule has 1 aliphatic carbocycles. The van der Waals surface area contributed by atoms with Gasteiger partial charge in [0.2, 0.25) is 5.95 Å². The van der Waals surface area contributed by atoms with Crippen LogP contribution in [0.5, 0.6) is 0 Å². The molecule has 0 unspecified atom stereocenters. The molecular weight excluding hydrogens is 318 g/mol. The van der Waals surface area contributed by atoms with E-state index in [-0.39, 0.29) is 23.5 Å². The van der Waals surface area contributed by atoms with E-state index in [2.05, 4.69) is 20.5 Å². The lowest BCUT2D eigenvalue weighted by molar-refractivity contribution is 0.102. The van der Waals surface area contributed by atoms with Crippen molar-refractivity contribution in [3.05, 3.63) is 52.2 Å². The SMILES string of the molecule is CC(C)n1cc(C(=O)Nc2n[nH]c(C3CC3)n2)c2ccccc2c1=O. The summed E-state index contributed by atoms with van der Waals surface area (Å²) in [6.07, 6.45) is 3.82. The van der Waals surface area contributed by atoms with E-state index in [0.717, 1.165) is 18.7 Å². The molecule has 25 heavy (non-hydrogen) atoms. The quantitative estimate of drug-likeness (QED) is 0.765. The number of fused-ring (bicyclic) bond motifs is 1. The first-order valence-electron chi connectivity index (χ1n) is 8.42. The van der Waals surface area contributed by atoms with Crippen LogP contribution in [0.4, 0.5) is 5.95 Å². The number of carbonyl (C=O) groups excluding carboxylic acids is 1. The molecule has 128 valence electrons. The number of anilines is 1. The smallest absolute Gasteiger partial charge is 0.260 e. The number of hydrogen-bond acceptors (Lipinski definition) is 4. The molecule has 7 nitrogen and oxygen atoms in total. The van der Waals surface area contributed by atoms with E-state index in [1.165, 1.54) is 0 Å². The Morgan fingerprint density at radius 2 is 2.00 bits per heavy atom. The standard InChI is InChI=1S/C18H19N5O2/c1-10(2)23-9-14(12-5-3-4-6-13(12)17(23)25)16(24)20-18-19-15(21-22-18)11-7-8-11/h3-6,9-11H,7-8H2,1-2H3,(H2,19,20,21,22,24). The first-order chi connectivity index (χ1) is 12.0. The summed E-state index contributed by atoms with van der Waals surface area (Å²) in [5.74, 6) is 1.18. The number of aromatic amines is 1. The molecule has 2 N–H and O–H groups in total. The molecule has 0 atom stereocenters. The molecule has 7 heteroatoms. The zero-order valence-corrected chi connectivity index (χ0v) is 14.1. The summed E-state index contributed by atoms with van der Waals surface area (Å²) in [5.41, 5.74) is 0.331. The number of H-pyrrole nitrogens is 1. The Labute approximate surface area is 144 Å². The predicted octanol–water partition coefficient (Wildman–Crippen LogP) is 2.83. The number of carbonyl (C=O) groups is 1. The predicted molar refractivity (Wildman–Crippen MR) is 94.9 cm³/mol. The fourth-order valence-electron chi connectivity index (χ4n) is 2.91. The number of pyridine rings is 1. The first-order valence-corrected chi connectivity index (χ1v) is 8.42. The number of hydrogen-bond donors (Lipinski definition) is 2. The van der Waals surface area contributed by atoms with Gasteiger partial charge in [0.25, 0.3) is 11.5 Å². The normalized spacial score (nSPS) is 14.2. The lowest BCUT2D eigenvalue weighted by Crippen LogP contribution is -2.25. The van der Waals surface area contributed by atoms with Crippen molar-refractivity contribution in [2.24, 2.45) is 0 Å². The van der Waals surface area contributed by atoms with E-state index in [1.807, 2.05) is 19.9 Å². The summed E-state index contributed by atoms with van der Waals surface area (Å²) >= 11 is 0. The maximum absolute atomic E-state index is 12.8. The van der Waals surface area contributed by atoms with Crippen LogP contribution < -0.4 is 10.9 Å². The van der Waals surface area contributed by atoms with Crippen LogP contribution in [0, 0.1) is 0 Å². The molecule has 0 spiro atoms. The summed E-state index contributed by atoms with van der Waals surface area (Å²) in [5, 5.41) is 10.8. The van der Waals surface area contributed by atoms with Gasteiger partial charge in [-0.2, -0.15) is 4.98 Å². The number of aromatic nitrogens is 4. The molecule has 1 saturated carbocycles. The summed E-state index contributed by atoms with van der Waals surface area (Å²) < 4.78 is 1.57. The van der Waals surface area contributed by atoms with Crippen LogP contribution in [0.15, 0.2) is 35.3 Å². The molecule has 3 aromatic rings. The van der Waals surface area contributed by atoms with Gasteiger partial charge in [-0.3, -0.25) is 20.0 Å². The average molecular weight is 337 g/mol. The van der Waals surface area contributed by atoms with Gasteiger partial charge in [0.15, 0.2) is 0 Å². The first kappa shape index (κ1) is 15.6. The lowest BCUT2D eigenvalue weighted by Gasteiger charge is -2.14. The Bertz CT molecular complexity index is 1010. The maximum Gasteiger partial charge on any atom is 0.260 e. The van der Waals surface area contributed by atoms with Crippen molar-refractivity contribution >= 4 is 22.6 Å². The largest absolute Gasteiger partial charge is 0.312 e. The third-order valence-corrected chi connectivity index (χ3v) is 4.44. The van der Waals surface area contributed by atoms with E-state index in [1.54, 1.807) is 29.0 Å². The minimum absolute atomic E-state index is 0.0476. The van der Waals surface area contributed by atoms with Crippen molar-refractivity contribution in [3.8, 4) is 0 Å². The van der Waals surface area contributed by atoms with Crippen molar-refractivity contribution in [1.82, 2.24) is 19.7 Å². The highest BCUT2D eigenvalue weighted by Gasteiger charge is 2.27. The summed E-state index contributed by atoms with van der Waals surface area (Å²) in [6, 6.07) is 7.09. The van der Waals surface area contributed by atoms with Gasteiger partial charge in [-0.25, -0.2) is 0 Å². The number of amides is 1. The fourth-order valence-corrected chi connectivity index (χ4v) is 2.91. The van der Waals surface area contributed by atoms with Gasteiger partial charge in [0.1, 0.15) is 5.82 Å². The molecule has 1 fully saturated rings. The second-order valence-corrected chi connectivity index (χ2v) is 6.67. The molecule has 1 aromatic carbocycles. The van der Waals surface area contributed by atoms with Gasteiger partial charge in [-0.1, -0.05) is 18.2 Å². The zero-order chi connectivity index (χ0) is 17.6. The molecule has 0 radical (unpaired) electrons. The third kappa shape index (κ3) is 2.82. The summed E-state index contributed by atoms with van der Waals surface area (Å²) in [4.78, 5) is 29.7. The molecule has 1 aliphatic rings. The number of nitrogens with one attached hydrogen (secondary N) is 2. The van der Waals surface area contributed by atoms with E-state index in [4.69, 9.17) is 0 Å². The van der Waals surface area contributed by atoms with Crippen molar-refractivity contribution in [2.45, 2.75) is 38.6 Å². The molecule has 0 aliphatic heterocycles. The monoisotopic (exact) mass is 337 g/mol. The van der Waals surface area contributed by atoms with Crippen molar-refractivity contribution in [1.29, 1.82) is 0 Å². The van der Waals surface area contributed by atoms with Crippen molar-refractivity contribution < 1.29 is 4.79 Å². The Balaban J connectivity index is 1.74. The molecule has 1 amide bonds. The number of rotatable bonds is 4. The highest BCUT2D eigenvalue weighted by molar-refractivity contribution is 6.12. The Kier molecular flexibility index (Phi) is 3.63. The Morgan fingerprint density at radius 3 is 2.68 bits per heavy atom. The molecule has 2 heterocycles. The molecular formula is C18H19N5O2. The second-order valence-electron chi connectivity index (χ2n) is 6.67. The minimum Gasteiger partial charge on any atom is -0.312 e. The van der Waals surface area contributed by atoms with Crippen LogP contribution in [0.3, 0.4) is 0 Å². The Hall–Kier alpha value is -2.96. The van der Waals surface area contributed by atoms with Crippen LogP contribution in [-0.4, -0.2) is 25.7 Å².